The molecule has 24 heavy (non-hydrogen) atoms. The summed E-state index contributed by atoms with van der Waals surface area (Å²) in [6, 6.07) is 0. The largest absolute Gasteiger partial charge is 0.381 e. The molecule has 1 aromatic heterocycles. The van der Waals surface area contributed by atoms with Crippen LogP contribution in [0.2, 0.25) is 0 Å². The van der Waals surface area contributed by atoms with Crippen molar-refractivity contribution in [3.63, 3.8) is 0 Å². The van der Waals surface area contributed by atoms with E-state index in [1.165, 1.54) is 29.8 Å². The number of aromatic nitrogens is 2. The van der Waals surface area contributed by atoms with Crippen molar-refractivity contribution in [2.75, 3.05) is 26.8 Å². The normalized spacial score (nSPS) is 14.9. The van der Waals surface area contributed by atoms with Gasteiger partial charge in [-0.3, -0.25) is 9.67 Å². The molecule has 1 saturated carbocycles. The highest BCUT2D eigenvalue weighted by Gasteiger charge is 2.20. The molecule has 1 aliphatic carbocycles. The fourth-order valence-electron chi connectivity index (χ4n) is 2.90. The molecule has 136 valence electrons. The van der Waals surface area contributed by atoms with Crippen LogP contribution < -0.4 is 10.6 Å². The number of hydrogen-bond donors (Lipinski definition) is 2. The number of guanidine groups is 1. The van der Waals surface area contributed by atoms with E-state index in [1.807, 2.05) is 18.8 Å². The first kappa shape index (κ1) is 18.8. The van der Waals surface area contributed by atoms with E-state index in [0.717, 1.165) is 57.4 Å². The monoisotopic (exact) mass is 335 g/mol. The molecule has 6 nitrogen and oxygen atoms in total. The Bertz CT molecular complexity index is 534. The van der Waals surface area contributed by atoms with Gasteiger partial charge in [-0.2, -0.15) is 5.10 Å². The molecule has 0 aliphatic heterocycles. The lowest BCUT2D eigenvalue weighted by Crippen LogP contribution is -2.37. The minimum atomic E-state index is 0.762. The van der Waals surface area contributed by atoms with E-state index in [9.17, 15) is 0 Å². The van der Waals surface area contributed by atoms with E-state index >= 15 is 0 Å². The van der Waals surface area contributed by atoms with Crippen LogP contribution in [0.3, 0.4) is 0 Å². The van der Waals surface area contributed by atoms with Crippen molar-refractivity contribution < 1.29 is 4.74 Å². The lowest BCUT2D eigenvalue weighted by atomic mass is 10.1. The summed E-state index contributed by atoms with van der Waals surface area (Å²) in [6.45, 7) is 7.72. The maximum atomic E-state index is 5.65. The van der Waals surface area contributed by atoms with Gasteiger partial charge in [0.1, 0.15) is 0 Å². The van der Waals surface area contributed by atoms with Crippen LogP contribution in [0.15, 0.2) is 4.99 Å². The Morgan fingerprint density at radius 1 is 1.29 bits per heavy atom. The lowest BCUT2D eigenvalue weighted by molar-refractivity contribution is 0.123. The summed E-state index contributed by atoms with van der Waals surface area (Å²) in [5.41, 5.74) is 3.77. The predicted molar refractivity (Wildman–Crippen MR) is 98.3 cm³/mol. The first-order valence-corrected chi connectivity index (χ1v) is 9.25. The minimum absolute atomic E-state index is 0.762. The van der Waals surface area contributed by atoms with Crippen LogP contribution in [0.4, 0.5) is 0 Å². The molecule has 0 amide bonds. The number of nitrogens with one attached hydrogen (secondary N) is 2. The molecule has 0 atom stereocenters. The Kier molecular flexibility index (Phi) is 7.56. The first-order chi connectivity index (χ1) is 11.7. The number of rotatable bonds is 10. The lowest BCUT2D eigenvalue weighted by Gasteiger charge is -2.13. The van der Waals surface area contributed by atoms with Crippen molar-refractivity contribution in [1.29, 1.82) is 0 Å². The molecule has 0 bridgehead atoms. The van der Waals surface area contributed by atoms with Crippen LogP contribution in [-0.4, -0.2) is 42.5 Å². The van der Waals surface area contributed by atoms with Crippen molar-refractivity contribution in [2.24, 2.45) is 18.0 Å². The Morgan fingerprint density at radius 3 is 2.71 bits per heavy atom. The van der Waals surface area contributed by atoms with Gasteiger partial charge in [0, 0.05) is 51.7 Å². The third-order valence-electron chi connectivity index (χ3n) is 4.49. The van der Waals surface area contributed by atoms with Crippen molar-refractivity contribution >= 4 is 5.96 Å². The molecule has 1 fully saturated rings. The van der Waals surface area contributed by atoms with Crippen LogP contribution in [0.1, 0.15) is 50.1 Å². The Hall–Kier alpha value is -1.56. The van der Waals surface area contributed by atoms with Gasteiger partial charge in [0.2, 0.25) is 0 Å². The van der Waals surface area contributed by atoms with Gasteiger partial charge in [-0.05, 0) is 38.0 Å². The topological polar surface area (TPSA) is 63.5 Å². The van der Waals surface area contributed by atoms with Crippen LogP contribution in [0.25, 0.3) is 0 Å². The summed E-state index contributed by atoms with van der Waals surface area (Å²) in [4.78, 5) is 4.30. The molecule has 2 rings (SSSR count). The van der Waals surface area contributed by atoms with Gasteiger partial charge in [-0.25, -0.2) is 0 Å². The highest BCUT2D eigenvalue weighted by Crippen LogP contribution is 2.28. The zero-order valence-electron chi connectivity index (χ0n) is 15.7. The zero-order chi connectivity index (χ0) is 17.4. The number of hydrogen-bond acceptors (Lipinski definition) is 3. The van der Waals surface area contributed by atoms with E-state index in [-0.39, 0.29) is 0 Å². The SMILES string of the molecule is CCc1nn(C)c(CC)c1CNC(=NC)NCCCOCC1CC1. The summed E-state index contributed by atoms with van der Waals surface area (Å²) in [6.07, 6.45) is 5.64. The molecule has 0 unspecified atom stereocenters. The number of aryl methyl sites for hydroxylation is 2. The molecular weight excluding hydrogens is 302 g/mol. The zero-order valence-corrected chi connectivity index (χ0v) is 15.7. The van der Waals surface area contributed by atoms with Crippen molar-refractivity contribution in [3.8, 4) is 0 Å². The molecule has 0 radical (unpaired) electrons. The highest BCUT2D eigenvalue weighted by atomic mass is 16.5. The van der Waals surface area contributed by atoms with Crippen LogP contribution in [0, 0.1) is 5.92 Å². The van der Waals surface area contributed by atoms with Gasteiger partial charge in [0.05, 0.1) is 5.69 Å². The van der Waals surface area contributed by atoms with Gasteiger partial charge in [0.25, 0.3) is 0 Å². The molecule has 1 aromatic rings. The quantitative estimate of drug-likeness (QED) is 0.390. The summed E-state index contributed by atoms with van der Waals surface area (Å²) < 4.78 is 7.66. The van der Waals surface area contributed by atoms with Crippen molar-refractivity contribution in [1.82, 2.24) is 20.4 Å². The molecule has 0 saturated heterocycles. The fourth-order valence-corrected chi connectivity index (χ4v) is 2.90. The van der Waals surface area contributed by atoms with E-state index in [4.69, 9.17) is 4.74 Å². The molecular formula is C18H33N5O. The standard InChI is InChI=1S/C18H33N5O/c1-5-16-15(17(6-2)23(4)22-16)12-21-18(19-3)20-10-7-11-24-13-14-8-9-14/h14H,5-13H2,1-4H3,(H2,19,20,21). The number of ether oxygens (including phenoxy) is 1. The van der Waals surface area contributed by atoms with Crippen LogP contribution in [0.5, 0.6) is 0 Å². The maximum absolute atomic E-state index is 5.65. The molecule has 1 heterocycles. The summed E-state index contributed by atoms with van der Waals surface area (Å²) in [5.74, 6) is 1.68. The minimum Gasteiger partial charge on any atom is -0.381 e. The average molecular weight is 335 g/mol. The maximum Gasteiger partial charge on any atom is 0.191 e. The fraction of sp³-hybridized carbons (Fsp3) is 0.778. The predicted octanol–water partition coefficient (Wildman–Crippen LogP) is 2.03. The second-order valence-corrected chi connectivity index (χ2v) is 6.43. The van der Waals surface area contributed by atoms with Crippen molar-refractivity contribution in [2.45, 2.75) is 52.5 Å². The summed E-state index contributed by atoms with van der Waals surface area (Å²) in [7, 11) is 3.83. The van der Waals surface area contributed by atoms with E-state index in [1.54, 1.807) is 0 Å². The molecule has 6 heteroatoms. The van der Waals surface area contributed by atoms with Crippen LogP contribution >= 0.6 is 0 Å². The first-order valence-electron chi connectivity index (χ1n) is 9.25. The second-order valence-electron chi connectivity index (χ2n) is 6.43. The second kappa shape index (κ2) is 9.67. The van der Waals surface area contributed by atoms with Gasteiger partial charge < -0.3 is 15.4 Å². The van der Waals surface area contributed by atoms with E-state index in [2.05, 4.69) is 34.6 Å². The summed E-state index contributed by atoms with van der Waals surface area (Å²) >= 11 is 0. The summed E-state index contributed by atoms with van der Waals surface area (Å²) in [5, 5.41) is 11.4. The molecule has 2 N–H and O–H groups in total. The number of aliphatic imine (C=N–C) groups is 1. The Labute approximate surface area is 146 Å². The van der Waals surface area contributed by atoms with Crippen LogP contribution in [-0.2, 0) is 31.2 Å². The molecule has 0 aromatic carbocycles. The molecule has 0 spiro atoms. The Balaban J connectivity index is 1.72. The third kappa shape index (κ3) is 5.51. The van der Waals surface area contributed by atoms with Gasteiger partial charge >= 0.3 is 0 Å². The van der Waals surface area contributed by atoms with E-state index < -0.39 is 0 Å². The van der Waals surface area contributed by atoms with Gasteiger partial charge in [0.15, 0.2) is 5.96 Å². The smallest absolute Gasteiger partial charge is 0.191 e. The third-order valence-corrected chi connectivity index (χ3v) is 4.49. The molecule has 1 aliphatic rings. The average Bonchev–Trinajstić information content (AvgIpc) is 3.36. The van der Waals surface area contributed by atoms with Crippen molar-refractivity contribution in [3.05, 3.63) is 17.0 Å². The van der Waals surface area contributed by atoms with Gasteiger partial charge in [-0.1, -0.05) is 13.8 Å². The van der Waals surface area contributed by atoms with E-state index in [0.29, 0.717) is 0 Å². The Morgan fingerprint density at radius 2 is 2.08 bits per heavy atom. The number of nitrogens with zero attached hydrogens (tertiary/aromatic N) is 3. The highest BCUT2D eigenvalue weighted by molar-refractivity contribution is 5.79. The van der Waals surface area contributed by atoms with Gasteiger partial charge in [-0.15, -0.1) is 0 Å².